The Labute approximate surface area is 89.7 Å². The summed E-state index contributed by atoms with van der Waals surface area (Å²) in [5, 5.41) is 7.42. The van der Waals surface area contributed by atoms with E-state index in [4.69, 9.17) is 11.6 Å². The van der Waals surface area contributed by atoms with Gasteiger partial charge in [0, 0.05) is 18.5 Å². The van der Waals surface area contributed by atoms with Gasteiger partial charge in [0.05, 0.1) is 6.54 Å². The zero-order valence-electron chi connectivity index (χ0n) is 8.70. The van der Waals surface area contributed by atoms with Crippen molar-refractivity contribution in [3.05, 3.63) is 12.2 Å². The lowest BCUT2D eigenvalue weighted by Crippen LogP contribution is -2.28. The summed E-state index contributed by atoms with van der Waals surface area (Å²) in [6, 6.07) is 0.309. The molecule has 0 amide bonds. The van der Waals surface area contributed by atoms with Crippen molar-refractivity contribution in [1.82, 2.24) is 20.1 Å². The highest BCUT2D eigenvalue weighted by atomic mass is 35.5. The molecule has 1 aromatic rings. The molecular weight excluding hydrogens is 200 g/mol. The molecule has 1 aromatic heterocycles. The molecule has 0 fully saturated rings. The summed E-state index contributed by atoms with van der Waals surface area (Å²) in [4.78, 5) is 4.19. The Hall–Kier alpha value is -0.610. The van der Waals surface area contributed by atoms with Gasteiger partial charge in [-0.15, -0.1) is 11.6 Å². The van der Waals surface area contributed by atoms with Crippen LogP contribution < -0.4 is 5.32 Å². The molecule has 0 aliphatic rings. The smallest absolute Gasteiger partial charge is 0.140 e. The minimum Gasteiger partial charge on any atom is -0.306 e. The number of hydrogen-bond acceptors (Lipinski definition) is 3. The van der Waals surface area contributed by atoms with Crippen LogP contribution in [0.25, 0.3) is 0 Å². The molecule has 5 heteroatoms. The zero-order chi connectivity index (χ0) is 10.4. The Bertz CT molecular complexity index is 261. The van der Waals surface area contributed by atoms with Gasteiger partial charge in [0.1, 0.15) is 12.2 Å². The van der Waals surface area contributed by atoms with Crippen molar-refractivity contribution in [2.45, 2.75) is 39.4 Å². The van der Waals surface area contributed by atoms with Crippen molar-refractivity contribution in [3.63, 3.8) is 0 Å². The summed E-state index contributed by atoms with van der Waals surface area (Å²) in [6.07, 6.45) is 2.67. The number of hydrogen-bond donors (Lipinski definition) is 1. The molecule has 14 heavy (non-hydrogen) atoms. The Balaban J connectivity index is 2.45. The summed E-state index contributed by atoms with van der Waals surface area (Å²) in [5.41, 5.74) is 0. The molecule has 0 radical (unpaired) electrons. The van der Waals surface area contributed by atoms with E-state index in [0.717, 1.165) is 25.3 Å². The van der Waals surface area contributed by atoms with Crippen molar-refractivity contribution < 1.29 is 0 Å². The van der Waals surface area contributed by atoms with Crippen molar-refractivity contribution >= 4 is 11.6 Å². The Morgan fingerprint density at radius 1 is 1.64 bits per heavy atom. The molecule has 4 nitrogen and oxygen atoms in total. The second-order valence-electron chi connectivity index (χ2n) is 3.34. The Kier molecular flexibility index (Phi) is 4.90. The van der Waals surface area contributed by atoms with Gasteiger partial charge in [-0.3, -0.25) is 0 Å². The molecule has 0 saturated carbocycles. The first-order valence-electron chi connectivity index (χ1n) is 4.94. The van der Waals surface area contributed by atoms with E-state index in [2.05, 4.69) is 22.3 Å². The van der Waals surface area contributed by atoms with Gasteiger partial charge in [-0.05, 0) is 13.3 Å². The fourth-order valence-corrected chi connectivity index (χ4v) is 1.25. The third kappa shape index (κ3) is 3.27. The predicted molar refractivity (Wildman–Crippen MR) is 57.3 cm³/mol. The van der Waals surface area contributed by atoms with Gasteiger partial charge in [-0.25, -0.2) is 9.67 Å². The first-order valence-corrected chi connectivity index (χ1v) is 5.47. The number of aryl methyl sites for hydroxylation is 1. The van der Waals surface area contributed by atoms with Crippen LogP contribution in [0.5, 0.6) is 0 Å². The highest BCUT2D eigenvalue weighted by Gasteiger charge is 2.04. The lowest BCUT2D eigenvalue weighted by molar-refractivity contribution is 0.518. The van der Waals surface area contributed by atoms with Crippen molar-refractivity contribution in [2.75, 3.05) is 5.88 Å². The fourth-order valence-electron chi connectivity index (χ4n) is 1.14. The van der Waals surface area contributed by atoms with Crippen LogP contribution in [0.3, 0.4) is 0 Å². The van der Waals surface area contributed by atoms with Gasteiger partial charge < -0.3 is 5.32 Å². The highest BCUT2D eigenvalue weighted by molar-refractivity contribution is 6.18. The van der Waals surface area contributed by atoms with Crippen LogP contribution in [-0.2, 0) is 13.1 Å². The molecule has 1 rings (SSSR count). The molecular formula is C9H17ClN4. The number of aromatic nitrogens is 3. The van der Waals surface area contributed by atoms with E-state index < -0.39 is 0 Å². The van der Waals surface area contributed by atoms with Gasteiger partial charge >= 0.3 is 0 Å². The van der Waals surface area contributed by atoms with Gasteiger partial charge in [-0.1, -0.05) is 6.92 Å². The van der Waals surface area contributed by atoms with E-state index in [1.165, 1.54) is 0 Å². The minimum atomic E-state index is 0.309. The first-order chi connectivity index (χ1) is 6.77. The molecule has 1 heterocycles. The molecule has 80 valence electrons. The number of halogens is 1. The molecule has 0 aliphatic heterocycles. The first kappa shape index (κ1) is 11.5. The maximum Gasteiger partial charge on any atom is 0.140 e. The summed E-state index contributed by atoms with van der Waals surface area (Å²) in [5.74, 6) is 1.59. The number of nitrogens with zero attached hydrogens (tertiary/aromatic N) is 3. The zero-order valence-corrected chi connectivity index (χ0v) is 9.46. The maximum absolute atomic E-state index is 5.69. The molecule has 1 atom stereocenters. The van der Waals surface area contributed by atoms with Crippen LogP contribution in [0.2, 0.25) is 0 Å². The molecule has 0 spiro atoms. The summed E-state index contributed by atoms with van der Waals surface area (Å²) >= 11 is 5.69. The van der Waals surface area contributed by atoms with Crippen LogP contribution in [0.1, 0.15) is 26.1 Å². The van der Waals surface area contributed by atoms with Crippen LogP contribution in [-0.4, -0.2) is 26.7 Å². The third-order valence-corrected chi connectivity index (χ3v) is 2.43. The SMILES string of the molecule is CCCn1ncnc1CNC(C)CCl. The average Bonchev–Trinajstić information content (AvgIpc) is 2.62. The highest BCUT2D eigenvalue weighted by Crippen LogP contribution is 1.97. The van der Waals surface area contributed by atoms with Crippen LogP contribution >= 0.6 is 11.6 Å². The van der Waals surface area contributed by atoms with Crippen molar-refractivity contribution in [3.8, 4) is 0 Å². The summed E-state index contributed by atoms with van der Waals surface area (Å²) in [7, 11) is 0. The van der Waals surface area contributed by atoms with Gasteiger partial charge in [-0.2, -0.15) is 5.10 Å². The summed E-state index contributed by atoms with van der Waals surface area (Å²) in [6.45, 7) is 5.83. The molecule has 0 aromatic carbocycles. The number of nitrogens with one attached hydrogen (secondary N) is 1. The van der Waals surface area contributed by atoms with Gasteiger partial charge in [0.15, 0.2) is 0 Å². The van der Waals surface area contributed by atoms with Crippen LogP contribution in [0.4, 0.5) is 0 Å². The van der Waals surface area contributed by atoms with Crippen molar-refractivity contribution in [2.24, 2.45) is 0 Å². The topological polar surface area (TPSA) is 42.7 Å². The van der Waals surface area contributed by atoms with Crippen LogP contribution in [0.15, 0.2) is 6.33 Å². The van der Waals surface area contributed by atoms with Gasteiger partial charge in [0.2, 0.25) is 0 Å². The lowest BCUT2D eigenvalue weighted by Gasteiger charge is -2.10. The van der Waals surface area contributed by atoms with E-state index in [0.29, 0.717) is 11.9 Å². The quantitative estimate of drug-likeness (QED) is 0.732. The predicted octanol–water partition coefficient (Wildman–Crippen LogP) is 1.41. The van der Waals surface area contributed by atoms with E-state index in [-0.39, 0.29) is 0 Å². The lowest BCUT2D eigenvalue weighted by atomic mass is 10.4. The van der Waals surface area contributed by atoms with E-state index in [9.17, 15) is 0 Å². The van der Waals surface area contributed by atoms with Crippen molar-refractivity contribution in [1.29, 1.82) is 0 Å². The second-order valence-corrected chi connectivity index (χ2v) is 3.64. The largest absolute Gasteiger partial charge is 0.306 e. The average molecular weight is 217 g/mol. The molecule has 0 aliphatic carbocycles. The van der Waals surface area contributed by atoms with E-state index in [1.54, 1.807) is 6.33 Å². The molecule has 1 N–H and O–H groups in total. The maximum atomic E-state index is 5.69. The fraction of sp³-hybridized carbons (Fsp3) is 0.778. The van der Waals surface area contributed by atoms with E-state index in [1.807, 2.05) is 11.6 Å². The molecule has 1 unspecified atom stereocenters. The Morgan fingerprint density at radius 3 is 3.07 bits per heavy atom. The monoisotopic (exact) mass is 216 g/mol. The van der Waals surface area contributed by atoms with Crippen LogP contribution in [0, 0.1) is 0 Å². The standard InChI is InChI=1S/C9H17ClN4/c1-3-4-14-9(12-7-13-14)6-11-8(2)5-10/h7-8,11H,3-6H2,1-2H3. The van der Waals surface area contributed by atoms with Gasteiger partial charge in [0.25, 0.3) is 0 Å². The number of rotatable bonds is 6. The minimum absolute atomic E-state index is 0.309. The number of alkyl halides is 1. The normalized spacial score (nSPS) is 13.1. The molecule has 0 bridgehead atoms. The third-order valence-electron chi connectivity index (χ3n) is 1.97. The van der Waals surface area contributed by atoms with E-state index >= 15 is 0 Å². The Morgan fingerprint density at radius 2 is 2.43 bits per heavy atom. The second kappa shape index (κ2) is 5.98. The summed E-state index contributed by atoms with van der Waals surface area (Å²) < 4.78 is 1.92. The molecule has 0 saturated heterocycles.